The first-order chi connectivity index (χ1) is 8.47. The molecule has 2 atom stereocenters. The SMILES string of the molecule is Cc1ccc(NC2CCCCC2C(F)(F)F)cn1. The molecule has 1 aromatic heterocycles. The van der Waals surface area contributed by atoms with Crippen LogP contribution in [0.5, 0.6) is 0 Å². The molecule has 0 radical (unpaired) electrons. The van der Waals surface area contributed by atoms with E-state index in [4.69, 9.17) is 0 Å². The molecule has 18 heavy (non-hydrogen) atoms. The second-order valence-corrected chi connectivity index (χ2v) is 4.87. The monoisotopic (exact) mass is 258 g/mol. The van der Waals surface area contributed by atoms with E-state index in [9.17, 15) is 13.2 Å². The number of hydrogen-bond donors (Lipinski definition) is 1. The van der Waals surface area contributed by atoms with E-state index < -0.39 is 18.1 Å². The molecule has 0 bridgehead atoms. The lowest BCUT2D eigenvalue weighted by Gasteiger charge is -2.34. The molecule has 1 aliphatic rings. The van der Waals surface area contributed by atoms with Crippen molar-refractivity contribution in [2.75, 3.05) is 5.32 Å². The minimum atomic E-state index is -4.11. The van der Waals surface area contributed by atoms with Crippen molar-refractivity contribution in [2.24, 2.45) is 5.92 Å². The molecule has 1 N–H and O–H groups in total. The molecule has 0 amide bonds. The summed E-state index contributed by atoms with van der Waals surface area (Å²) in [7, 11) is 0. The average molecular weight is 258 g/mol. The summed E-state index contributed by atoms with van der Waals surface area (Å²) >= 11 is 0. The van der Waals surface area contributed by atoms with Crippen molar-refractivity contribution >= 4 is 5.69 Å². The third-order valence-corrected chi connectivity index (χ3v) is 3.45. The third-order valence-electron chi connectivity index (χ3n) is 3.45. The number of hydrogen-bond acceptors (Lipinski definition) is 2. The van der Waals surface area contributed by atoms with Gasteiger partial charge in [0, 0.05) is 11.7 Å². The van der Waals surface area contributed by atoms with Gasteiger partial charge in [-0.15, -0.1) is 0 Å². The smallest absolute Gasteiger partial charge is 0.380 e. The summed E-state index contributed by atoms with van der Waals surface area (Å²) in [6.07, 6.45) is -0.218. The van der Waals surface area contributed by atoms with Gasteiger partial charge in [0.1, 0.15) is 0 Å². The highest BCUT2D eigenvalue weighted by molar-refractivity contribution is 5.42. The van der Waals surface area contributed by atoms with Gasteiger partial charge in [-0.05, 0) is 31.9 Å². The van der Waals surface area contributed by atoms with E-state index in [1.165, 1.54) is 0 Å². The van der Waals surface area contributed by atoms with Crippen molar-refractivity contribution in [3.8, 4) is 0 Å². The van der Waals surface area contributed by atoms with Crippen molar-refractivity contribution in [3.05, 3.63) is 24.0 Å². The van der Waals surface area contributed by atoms with Crippen molar-refractivity contribution in [3.63, 3.8) is 0 Å². The Bertz CT molecular complexity index is 386. The molecule has 2 nitrogen and oxygen atoms in total. The number of aryl methyl sites for hydroxylation is 1. The Kier molecular flexibility index (Phi) is 3.78. The molecule has 1 heterocycles. The first kappa shape index (κ1) is 13.2. The topological polar surface area (TPSA) is 24.9 Å². The summed E-state index contributed by atoms with van der Waals surface area (Å²) in [6, 6.07) is 3.06. The zero-order chi connectivity index (χ0) is 13.2. The minimum Gasteiger partial charge on any atom is -0.380 e. The van der Waals surface area contributed by atoms with Crippen LogP contribution in [0.4, 0.5) is 18.9 Å². The maximum Gasteiger partial charge on any atom is 0.393 e. The van der Waals surface area contributed by atoms with Crippen LogP contribution in [0.1, 0.15) is 31.4 Å². The van der Waals surface area contributed by atoms with E-state index in [-0.39, 0.29) is 6.42 Å². The molecule has 2 rings (SSSR count). The molecule has 2 unspecified atom stereocenters. The highest BCUT2D eigenvalue weighted by Crippen LogP contribution is 2.38. The number of nitrogens with one attached hydrogen (secondary N) is 1. The number of alkyl halides is 3. The molecule has 1 fully saturated rings. The van der Waals surface area contributed by atoms with Gasteiger partial charge in [0.2, 0.25) is 0 Å². The Hall–Kier alpha value is -1.26. The van der Waals surface area contributed by atoms with Gasteiger partial charge in [0.15, 0.2) is 0 Å². The Morgan fingerprint density at radius 3 is 2.56 bits per heavy atom. The largest absolute Gasteiger partial charge is 0.393 e. The Labute approximate surface area is 105 Å². The molecule has 0 saturated heterocycles. The number of aromatic nitrogens is 1. The van der Waals surface area contributed by atoms with Crippen molar-refractivity contribution < 1.29 is 13.2 Å². The van der Waals surface area contributed by atoms with Crippen LogP contribution in [0.25, 0.3) is 0 Å². The van der Waals surface area contributed by atoms with E-state index >= 15 is 0 Å². The predicted molar refractivity (Wildman–Crippen MR) is 64.4 cm³/mol. The summed E-state index contributed by atoms with van der Waals surface area (Å²) in [5, 5.41) is 2.98. The highest BCUT2D eigenvalue weighted by Gasteiger charge is 2.45. The van der Waals surface area contributed by atoms with Crippen LogP contribution in [0.15, 0.2) is 18.3 Å². The van der Waals surface area contributed by atoms with Crippen LogP contribution in [0, 0.1) is 12.8 Å². The summed E-state index contributed by atoms with van der Waals surface area (Å²) in [5.74, 6) is -1.24. The van der Waals surface area contributed by atoms with Gasteiger partial charge in [-0.3, -0.25) is 4.98 Å². The highest BCUT2D eigenvalue weighted by atomic mass is 19.4. The molecule has 0 aliphatic heterocycles. The summed E-state index contributed by atoms with van der Waals surface area (Å²) in [5.41, 5.74) is 1.53. The zero-order valence-electron chi connectivity index (χ0n) is 10.3. The van der Waals surface area contributed by atoms with Gasteiger partial charge >= 0.3 is 6.18 Å². The van der Waals surface area contributed by atoms with E-state index in [0.29, 0.717) is 18.5 Å². The van der Waals surface area contributed by atoms with Gasteiger partial charge in [0.05, 0.1) is 17.8 Å². The zero-order valence-corrected chi connectivity index (χ0v) is 10.3. The number of halogens is 3. The fourth-order valence-electron chi connectivity index (χ4n) is 2.46. The van der Waals surface area contributed by atoms with Gasteiger partial charge in [-0.2, -0.15) is 13.2 Å². The van der Waals surface area contributed by atoms with Gasteiger partial charge in [0.25, 0.3) is 0 Å². The van der Waals surface area contributed by atoms with Crippen molar-refractivity contribution in [2.45, 2.75) is 44.8 Å². The number of nitrogens with zero attached hydrogens (tertiary/aromatic N) is 1. The lowest BCUT2D eigenvalue weighted by molar-refractivity contribution is -0.184. The fraction of sp³-hybridized carbons (Fsp3) is 0.615. The van der Waals surface area contributed by atoms with E-state index in [2.05, 4.69) is 10.3 Å². The van der Waals surface area contributed by atoms with Gasteiger partial charge < -0.3 is 5.32 Å². The van der Waals surface area contributed by atoms with Crippen molar-refractivity contribution in [1.82, 2.24) is 4.98 Å². The molecule has 0 spiro atoms. The number of rotatable bonds is 2. The molecule has 5 heteroatoms. The summed E-state index contributed by atoms with van der Waals surface area (Å²) in [4.78, 5) is 4.09. The van der Waals surface area contributed by atoms with E-state index in [0.717, 1.165) is 12.1 Å². The number of pyridine rings is 1. The second kappa shape index (κ2) is 5.16. The van der Waals surface area contributed by atoms with Crippen LogP contribution < -0.4 is 5.32 Å². The first-order valence-electron chi connectivity index (χ1n) is 6.23. The third kappa shape index (κ3) is 3.15. The molecule has 1 aromatic rings. The second-order valence-electron chi connectivity index (χ2n) is 4.87. The molecular formula is C13H17F3N2. The average Bonchev–Trinajstić information content (AvgIpc) is 2.31. The van der Waals surface area contributed by atoms with Crippen LogP contribution in [0.3, 0.4) is 0 Å². The number of anilines is 1. The fourth-order valence-corrected chi connectivity index (χ4v) is 2.46. The maximum atomic E-state index is 12.9. The van der Waals surface area contributed by atoms with Crippen LogP contribution in [-0.2, 0) is 0 Å². The van der Waals surface area contributed by atoms with Crippen LogP contribution in [-0.4, -0.2) is 17.2 Å². The minimum absolute atomic E-state index is 0.223. The van der Waals surface area contributed by atoms with E-state index in [1.807, 2.05) is 6.92 Å². The first-order valence-corrected chi connectivity index (χ1v) is 6.23. The quantitative estimate of drug-likeness (QED) is 0.869. The Morgan fingerprint density at radius 2 is 1.94 bits per heavy atom. The molecule has 1 saturated carbocycles. The van der Waals surface area contributed by atoms with Gasteiger partial charge in [-0.1, -0.05) is 12.8 Å². The predicted octanol–water partition coefficient (Wildman–Crippen LogP) is 3.92. The normalized spacial score (nSPS) is 24.9. The Morgan fingerprint density at radius 1 is 1.22 bits per heavy atom. The molecule has 100 valence electrons. The maximum absolute atomic E-state index is 12.9. The lowest BCUT2D eigenvalue weighted by atomic mass is 9.84. The molecule has 0 aromatic carbocycles. The molecule has 1 aliphatic carbocycles. The lowest BCUT2D eigenvalue weighted by Crippen LogP contribution is -2.41. The van der Waals surface area contributed by atoms with Crippen molar-refractivity contribution in [1.29, 1.82) is 0 Å². The van der Waals surface area contributed by atoms with Gasteiger partial charge in [-0.25, -0.2) is 0 Å². The molecular weight excluding hydrogens is 241 g/mol. The summed E-state index contributed by atoms with van der Waals surface area (Å²) < 4.78 is 38.7. The standard InChI is InChI=1S/C13H17F3N2/c1-9-6-7-10(8-17-9)18-12-5-3-2-4-11(12)13(14,15)16/h6-8,11-12,18H,2-5H2,1H3. The van der Waals surface area contributed by atoms with E-state index in [1.54, 1.807) is 18.3 Å². The summed E-state index contributed by atoms with van der Waals surface area (Å²) in [6.45, 7) is 1.85. The Balaban J connectivity index is 2.08. The van der Waals surface area contributed by atoms with Crippen LogP contribution in [0.2, 0.25) is 0 Å². The van der Waals surface area contributed by atoms with Crippen LogP contribution >= 0.6 is 0 Å².